The van der Waals surface area contributed by atoms with Crippen molar-refractivity contribution in [3.8, 4) is 0 Å². The van der Waals surface area contributed by atoms with E-state index in [2.05, 4.69) is 22.3 Å². The van der Waals surface area contributed by atoms with Crippen LogP contribution in [0.3, 0.4) is 0 Å². The Kier molecular flexibility index (Phi) is 3.28. The topological polar surface area (TPSA) is 73.8 Å². The van der Waals surface area contributed by atoms with Gasteiger partial charge in [0.15, 0.2) is 0 Å². The first-order valence-corrected chi connectivity index (χ1v) is 6.11. The third-order valence-corrected chi connectivity index (χ3v) is 3.67. The molecule has 0 unspecified atom stereocenters. The van der Waals surface area contributed by atoms with Gasteiger partial charge in [-0.1, -0.05) is 23.9 Å². The molecule has 1 heterocycles. The number of hydrogen-bond acceptors (Lipinski definition) is 5. The first-order valence-electron chi connectivity index (χ1n) is 5.23. The Balaban J connectivity index is 2.21. The smallest absolute Gasteiger partial charge is 0.294 e. The molecule has 6 heteroatoms. The van der Waals surface area contributed by atoms with Crippen LogP contribution in [0.5, 0.6) is 0 Å². The normalized spacial score (nSPS) is 19.9. The van der Waals surface area contributed by atoms with Crippen molar-refractivity contribution in [1.29, 1.82) is 0 Å². The largest absolute Gasteiger partial charge is 0.334 e. The SMILES string of the molecule is Cc1nnc(S[C@@H]2C=CCCC2)n(N)c1=O. The molecule has 16 heavy (non-hydrogen) atoms. The van der Waals surface area contributed by atoms with Crippen molar-refractivity contribution in [3.05, 3.63) is 28.2 Å². The molecule has 1 atom stereocenters. The molecule has 0 amide bonds. The lowest BCUT2D eigenvalue weighted by Gasteiger charge is -2.15. The molecule has 0 fully saturated rings. The Morgan fingerprint density at radius 3 is 3.06 bits per heavy atom. The fourth-order valence-corrected chi connectivity index (χ4v) is 2.59. The minimum atomic E-state index is -0.280. The number of nitrogen functional groups attached to an aromatic ring is 1. The summed E-state index contributed by atoms with van der Waals surface area (Å²) in [5, 5.41) is 8.57. The van der Waals surface area contributed by atoms with Crippen molar-refractivity contribution in [1.82, 2.24) is 14.9 Å². The van der Waals surface area contributed by atoms with Gasteiger partial charge in [0.2, 0.25) is 5.16 Å². The van der Waals surface area contributed by atoms with Gasteiger partial charge >= 0.3 is 0 Å². The number of aromatic nitrogens is 3. The van der Waals surface area contributed by atoms with Gasteiger partial charge < -0.3 is 5.84 Å². The summed E-state index contributed by atoms with van der Waals surface area (Å²) in [5.74, 6) is 5.66. The van der Waals surface area contributed by atoms with E-state index in [1.807, 2.05) is 0 Å². The maximum absolute atomic E-state index is 11.5. The first kappa shape index (κ1) is 11.2. The van der Waals surface area contributed by atoms with Crippen LogP contribution in [0.2, 0.25) is 0 Å². The minimum absolute atomic E-state index is 0.280. The first-order chi connectivity index (χ1) is 7.68. The van der Waals surface area contributed by atoms with E-state index in [1.54, 1.807) is 6.92 Å². The second kappa shape index (κ2) is 4.69. The highest BCUT2D eigenvalue weighted by molar-refractivity contribution is 7.99. The van der Waals surface area contributed by atoms with Crippen LogP contribution in [0, 0.1) is 6.92 Å². The van der Waals surface area contributed by atoms with E-state index in [1.165, 1.54) is 18.2 Å². The molecule has 0 aromatic carbocycles. The van der Waals surface area contributed by atoms with Crippen LogP contribution in [0.15, 0.2) is 22.1 Å². The molecule has 0 saturated carbocycles. The maximum Gasteiger partial charge on any atom is 0.294 e. The third kappa shape index (κ3) is 2.27. The number of rotatable bonds is 2. The van der Waals surface area contributed by atoms with Gasteiger partial charge in [-0.15, -0.1) is 10.2 Å². The average molecular weight is 238 g/mol. The molecular weight excluding hydrogens is 224 g/mol. The molecule has 0 aliphatic heterocycles. The summed E-state index contributed by atoms with van der Waals surface area (Å²) in [6, 6.07) is 0. The Morgan fingerprint density at radius 2 is 2.38 bits per heavy atom. The van der Waals surface area contributed by atoms with E-state index >= 15 is 0 Å². The molecule has 86 valence electrons. The number of nitrogens with two attached hydrogens (primary N) is 1. The van der Waals surface area contributed by atoms with E-state index in [4.69, 9.17) is 5.84 Å². The average Bonchev–Trinajstić information content (AvgIpc) is 2.31. The van der Waals surface area contributed by atoms with E-state index in [9.17, 15) is 4.79 Å². The van der Waals surface area contributed by atoms with Crippen molar-refractivity contribution in [2.24, 2.45) is 0 Å². The lowest BCUT2D eigenvalue weighted by Crippen LogP contribution is -2.32. The number of thioether (sulfide) groups is 1. The van der Waals surface area contributed by atoms with Crippen LogP contribution < -0.4 is 11.4 Å². The molecule has 2 rings (SSSR count). The van der Waals surface area contributed by atoms with Gasteiger partial charge in [-0.2, -0.15) is 4.68 Å². The van der Waals surface area contributed by atoms with E-state index < -0.39 is 0 Å². The highest BCUT2D eigenvalue weighted by Gasteiger charge is 2.14. The van der Waals surface area contributed by atoms with E-state index in [0.717, 1.165) is 17.5 Å². The number of nitrogens with zero attached hydrogens (tertiary/aromatic N) is 3. The molecule has 0 spiro atoms. The summed E-state index contributed by atoms with van der Waals surface area (Å²) >= 11 is 1.49. The van der Waals surface area contributed by atoms with Crippen LogP contribution in [0.4, 0.5) is 0 Å². The number of hydrogen-bond donors (Lipinski definition) is 1. The summed E-state index contributed by atoms with van der Waals surface area (Å²) < 4.78 is 1.08. The minimum Gasteiger partial charge on any atom is -0.334 e. The van der Waals surface area contributed by atoms with Gasteiger partial charge in [0.05, 0.1) is 0 Å². The van der Waals surface area contributed by atoms with Crippen molar-refractivity contribution < 1.29 is 0 Å². The second-order valence-electron chi connectivity index (χ2n) is 3.76. The lowest BCUT2D eigenvalue weighted by molar-refractivity contribution is 0.674. The highest BCUT2D eigenvalue weighted by atomic mass is 32.2. The van der Waals surface area contributed by atoms with Crippen LogP contribution in [-0.2, 0) is 0 Å². The molecule has 5 nitrogen and oxygen atoms in total. The molecule has 1 aromatic heterocycles. The quantitative estimate of drug-likeness (QED) is 0.611. The number of aryl methyl sites for hydroxylation is 1. The monoisotopic (exact) mass is 238 g/mol. The van der Waals surface area contributed by atoms with Gasteiger partial charge in [0.1, 0.15) is 5.69 Å². The second-order valence-corrected chi connectivity index (χ2v) is 4.96. The van der Waals surface area contributed by atoms with Crippen LogP contribution >= 0.6 is 11.8 Å². The van der Waals surface area contributed by atoms with Gasteiger partial charge in [0.25, 0.3) is 5.56 Å². The molecule has 2 N–H and O–H groups in total. The van der Waals surface area contributed by atoms with Crippen LogP contribution in [-0.4, -0.2) is 20.1 Å². The fourth-order valence-electron chi connectivity index (χ4n) is 1.56. The lowest BCUT2D eigenvalue weighted by atomic mass is 10.1. The highest BCUT2D eigenvalue weighted by Crippen LogP contribution is 2.27. The van der Waals surface area contributed by atoms with Crippen molar-refractivity contribution in [2.75, 3.05) is 5.84 Å². The van der Waals surface area contributed by atoms with Gasteiger partial charge in [-0.05, 0) is 26.2 Å². The predicted octanol–water partition coefficient (Wildman–Crippen LogP) is 0.861. The summed E-state index contributed by atoms with van der Waals surface area (Å²) in [6.45, 7) is 1.60. The zero-order chi connectivity index (χ0) is 11.5. The zero-order valence-electron chi connectivity index (χ0n) is 9.09. The van der Waals surface area contributed by atoms with E-state index in [-0.39, 0.29) is 5.56 Å². The van der Waals surface area contributed by atoms with Crippen LogP contribution in [0.25, 0.3) is 0 Å². The molecule has 0 saturated heterocycles. The Bertz CT molecular complexity index is 468. The van der Waals surface area contributed by atoms with Gasteiger partial charge in [0, 0.05) is 5.25 Å². The summed E-state index contributed by atoms with van der Waals surface area (Å²) in [6.07, 6.45) is 7.68. The molecule has 1 aliphatic rings. The van der Waals surface area contributed by atoms with Crippen molar-refractivity contribution in [2.45, 2.75) is 36.6 Å². The summed E-state index contributed by atoms with van der Waals surface area (Å²) in [7, 11) is 0. The molecule has 1 aromatic rings. The molecule has 0 radical (unpaired) electrons. The third-order valence-electron chi connectivity index (χ3n) is 2.49. The van der Waals surface area contributed by atoms with Gasteiger partial charge in [-0.25, -0.2) is 0 Å². The van der Waals surface area contributed by atoms with Crippen molar-refractivity contribution >= 4 is 11.8 Å². The van der Waals surface area contributed by atoms with Crippen molar-refractivity contribution in [3.63, 3.8) is 0 Å². The molecular formula is C10H14N4OS. The van der Waals surface area contributed by atoms with Crippen LogP contribution in [0.1, 0.15) is 25.0 Å². The fraction of sp³-hybridized carbons (Fsp3) is 0.500. The molecule has 1 aliphatic carbocycles. The summed E-state index contributed by atoms with van der Waals surface area (Å²) in [5.41, 5.74) is 0.0447. The van der Waals surface area contributed by atoms with Gasteiger partial charge in [-0.3, -0.25) is 4.79 Å². The standard InChI is InChI=1S/C10H14N4OS/c1-7-9(15)14(11)10(13-12-7)16-8-5-3-2-4-6-8/h3,5,8H,2,4,6,11H2,1H3/t8-/m1/s1. The maximum atomic E-state index is 11.5. The Labute approximate surface area is 97.7 Å². The van der Waals surface area contributed by atoms with E-state index in [0.29, 0.717) is 16.1 Å². The zero-order valence-corrected chi connectivity index (χ0v) is 9.91. The number of allylic oxidation sites excluding steroid dienone is 1. The Morgan fingerprint density at radius 1 is 1.56 bits per heavy atom. The molecule has 0 bridgehead atoms. The Hall–Kier alpha value is -1.30. The summed E-state index contributed by atoms with van der Waals surface area (Å²) in [4.78, 5) is 11.5. The predicted molar refractivity (Wildman–Crippen MR) is 63.8 cm³/mol.